The molecule has 0 bridgehead atoms. The third-order valence-electron chi connectivity index (χ3n) is 2.34. The van der Waals surface area contributed by atoms with E-state index in [0.717, 1.165) is 6.42 Å². The minimum atomic E-state index is -0.283. The van der Waals surface area contributed by atoms with E-state index in [0.29, 0.717) is 19.0 Å². The summed E-state index contributed by atoms with van der Waals surface area (Å²) in [5, 5.41) is 0. The van der Waals surface area contributed by atoms with E-state index in [-0.39, 0.29) is 23.1 Å². The van der Waals surface area contributed by atoms with Gasteiger partial charge in [0.2, 0.25) is 5.91 Å². The SMILES string of the molecule is CCC(Br)C(=O)N(CCC(=O)OC)CC(C)C. The van der Waals surface area contributed by atoms with E-state index in [9.17, 15) is 9.59 Å². The molecule has 0 spiro atoms. The molecule has 0 aliphatic heterocycles. The van der Waals surface area contributed by atoms with Crippen LogP contribution in [0.3, 0.4) is 0 Å². The van der Waals surface area contributed by atoms with E-state index >= 15 is 0 Å². The molecule has 1 atom stereocenters. The number of ether oxygens (including phenoxy) is 1. The van der Waals surface area contributed by atoms with Gasteiger partial charge < -0.3 is 9.64 Å². The predicted octanol–water partition coefficient (Wildman–Crippen LogP) is 2.21. The highest BCUT2D eigenvalue weighted by Crippen LogP contribution is 2.11. The fourth-order valence-electron chi connectivity index (χ4n) is 1.43. The van der Waals surface area contributed by atoms with E-state index < -0.39 is 0 Å². The van der Waals surface area contributed by atoms with Crippen molar-refractivity contribution < 1.29 is 14.3 Å². The molecule has 1 amide bonds. The highest BCUT2D eigenvalue weighted by Gasteiger charge is 2.21. The largest absolute Gasteiger partial charge is 0.469 e. The van der Waals surface area contributed by atoms with Crippen molar-refractivity contribution in [1.29, 1.82) is 0 Å². The number of halogens is 1. The van der Waals surface area contributed by atoms with E-state index in [2.05, 4.69) is 20.7 Å². The van der Waals surface area contributed by atoms with Crippen LogP contribution in [0.25, 0.3) is 0 Å². The van der Waals surface area contributed by atoms with Crippen molar-refractivity contribution in [3.63, 3.8) is 0 Å². The number of esters is 1. The molecule has 1 unspecified atom stereocenters. The Labute approximate surface area is 112 Å². The molecule has 0 aromatic heterocycles. The maximum Gasteiger partial charge on any atom is 0.307 e. The summed E-state index contributed by atoms with van der Waals surface area (Å²) in [5.41, 5.74) is 0. The second kappa shape index (κ2) is 8.50. The van der Waals surface area contributed by atoms with Gasteiger partial charge in [0.25, 0.3) is 0 Å². The molecular formula is C12H22BrNO3. The van der Waals surface area contributed by atoms with Crippen LogP contribution in [0.15, 0.2) is 0 Å². The number of carbonyl (C=O) groups excluding carboxylic acids is 2. The van der Waals surface area contributed by atoms with Crippen LogP contribution in [-0.4, -0.2) is 41.8 Å². The van der Waals surface area contributed by atoms with Crippen LogP contribution in [0.2, 0.25) is 0 Å². The predicted molar refractivity (Wildman–Crippen MR) is 71.1 cm³/mol. The van der Waals surface area contributed by atoms with E-state index in [4.69, 9.17) is 0 Å². The van der Waals surface area contributed by atoms with E-state index in [1.165, 1.54) is 7.11 Å². The van der Waals surface area contributed by atoms with Gasteiger partial charge in [0.1, 0.15) is 0 Å². The van der Waals surface area contributed by atoms with Crippen molar-refractivity contribution in [1.82, 2.24) is 4.90 Å². The summed E-state index contributed by atoms with van der Waals surface area (Å²) in [6.07, 6.45) is 0.990. The fraction of sp³-hybridized carbons (Fsp3) is 0.833. The molecule has 0 aromatic carbocycles. The lowest BCUT2D eigenvalue weighted by Gasteiger charge is -2.26. The molecule has 0 aliphatic rings. The first-order valence-corrected chi connectivity index (χ1v) is 6.83. The molecule has 0 radical (unpaired) electrons. The van der Waals surface area contributed by atoms with Crippen LogP contribution in [0.1, 0.15) is 33.6 Å². The first kappa shape index (κ1) is 16.4. The van der Waals surface area contributed by atoms with Gasteiger partial charge in [-0.2, -0.15) is 0 Å². The van der Waals surface area contributed by atoms with Crippen LogP contribution in [0.4, 0.5) is 0 Å². The van der Waals surface area contributed by atoms with Crippen molar-refractivity contribution in [2.45, 2.75) is 38.4 Å². The van der Waals surface area contributed by atoms with Crippen LogP contribution < -0.4 is 0 Å². The number of alkyl halides is 1. The number of hydrogen-bond donors (Lipinski definition) is 0. The standard InChI is InChI=1S/C12H22BrNO3/c1-5-10(13)12(16)14(8-9(2)3)7-6-11(15)17-4/h9-10H,5-8H2,1-4H3. The Bertz CT molecular complexity index is 256. The van der Waals surface area contributed by atoms with Gasteiger partial charge in [-0.15, -0.1) is 0 Å². The average Bonchev–Trinajstić information content (AvgIpc) is 2.31. The summed E-state index contributed by atoms with van der Waals surface area (Å²) in [4.78, 5) is 24.7. The molecule has 5 heteroatoms. The highest BCUT2D eigenvalue weighted by molar-refractivity contribution is 9.10. The zero-order valence-electron chi connectivity index (χ0n) is 11.0. The summed E-state index contributed by atoms with van der Waals surface area (Å²) in [5.74, 6) is 0.146. The van der Waals surface area contributed by atoms with Crippen LogP contribution in [-0.2, 0) is 14.3 Å². The summed E-state index contributed by atoms with van der Waals surface area (Å²) in [6, 6.07) is 0. The molecule has 0 saturated carbocycles. The van der Waals surface area contributed by atoms with Crippen molar-refractivity contribution in [2.24, 2.45) is 5.92 Å². The first-order chi connectivity index (χ1) is 7.92. The summed E-state index contributed by atoms with van der Waals surface area (Å²) < 4.78 is 4.58. The van der Waals surface area contributed by atoms with Gasteiger partial charge in [0.05, 0.1) is 18.4 Å². The van der Waals surface area contributed by atoms with Gasteiger partial charge >= 0.3 is 5.97 Å². The van der Waals surface area contributed by atoms with Crippen molar-refractivity contribution in [3.8, 4) is 0 Å². The van der Waals surface area contributed by atoms with Crippen molar-refractivity contribution >= 4 is 27.8 Å². The smallest absolute Gasteiger partial charge is 0.307 e. The fourth-order valence-corrected chi connectivity index (χ4v) is 1.72. The quantitative estimate of drug-likeness (QED) is 0.535. The van der Waals surface area contributed by atoms with Crippen LogP contribution in [0, 0.1) is 5.92 Å². The summed E-state index contributed by atoms with van der Waals surface area (Å²) in [6.45, 7) is 7.14. The number of hydrogen-bond acceptors (Lipinski definition) is 3. The maximum atomic E-state index is 12.0. The molecule has 0 saturated heterocycles. The van der Waals surface area contributed by atoms with Gasteiger partial charge in [-0.3, -0.25) is 9.59 Å². The normalized spacial score (nSPS) is 12.4. The Morgan fingerprint density at radius 2 is 1.94 bits per heavy atom. The third kappa shape index (κ3) is 6.66. The monoisotopic (exact) mass is 307 g/mol. The van der Waals surface area contributed by atoms with E-state index in [1.807, 2.05) is 20.8 Å². The van der Waals surface area contributed by atoms with E-state index in [1.54, 1.807) is 4.90 Å². The number of nitrogens with zero attached hydrogens (tertiary/aromatic N) is 1. The Balaban J connectivity index is 4.42. The molecule has 4 nitrogen and oxygen atoms in total. The second-order valence-corrected chi connectivity index (χ2v) is 5.49. The van der Waals surface area contributed by atoms with Gasteiger partial charge in [-0.25, -0.2) is 0 Å². The Kier molecular flexibility index (Phi) is 8.21. The van der Waals surface area contributed by atoms with Crippen molar-refractivity contribution in [2.75, 3.05) is 20.2 Å². The van der Waals surface area contributed by atoms with Gasteiger partial charge in [0, 0.05) is 13.1 Å². The van der Waals surface area contributed by atoms with Gasteiger partial charge in [0.15, 0.2) is 0 Å². The third-order valence-corrected chi connectivity index (χ3v) is 3.38. The number of methoxy groups -OCH3 is 1. The van der Waals surface area contributed by atoms with Gasteiger partial charge in [-0.1, -0.05) is 36.7 Å². The number of rotatable bonds is 7. The average molecular weight is 308 g/mol. The summed E-state index contributed by atoms with van der Waals surface area (Å²) in [7, 11) is 1.36. The lowest BCUT2D eigenvalue weighted by atomic mass is 10.2. The Morgan fingerprint density at radius 1 is 1.35 bits per heavy atom. The molecule has 0 aromatic rings. The summed E-state index contributed by atoms with van der Waals surface area (Å²) >= 11 is 3.35. The second-order valence-electron chi connectivity index (χ2n) is 4.38. The highest BCUT2D eigenvalue weighted by atomic mass is 79.9. The first-order valence-electron chi connectivity index (χ1n) is 5.92. The Hall–Kier alpha value is -0.580. The molecule has 0 heterocycles. The van der Waals surface area contributed by atoms with Crippen LogP contribution in [0.5, 0.6) is 0 Å². The molecule has 17 heavy (non-hydrogen) atoms. The molecule has 0 rings (SSSR count). The Morgan fingerprint density at radius 3 is 2.35 bits per heavy atom. The number of amides is 1. The number of carbonyl (C=O) groups is 2. The molecule has 0 aliphatic carbocycles. The topological polar surface area (TPSA) is 46.6 Å². The lowest BCUT2D eigenvalue weighted by Crippen LogP contribution is -2.40. The minimum Gasteiger partial charge on any atom is -0.469 e. The van der Waals surface area contributed by atoms with Crippen LogP contribution >= 0.6 is 15.9 Å². The van der Waals surface area contributed by atoms with Gasteiger partial charge in [-0.05, 0) is 12.3 Å². The molecule has 0 fully saturated rings. The molecule has 0 N–H and O–H groups in total. The molecule has 100 valence electrons. The lowest BCUT2D eigenvalue weighted by molar-refractivity contribution is -0.141. The molecular weight excluding hydrogens is 286 g/mol. The zero-order valence-corrected chi connectivity index (χ0v) is 12.6. The maximum absolute atomic E-state index is 12.0. The zero-order chi connectivity index (χ0) is 13.4. The minimum absolute atomic E-state index is 0.0464. The van der Waals surface area contributed by atoms with Crippen molar-refractivity contribution in [3.05, 3.63) is 0 Å².